The van der Waals surface area contributed by atoms with Crippen molar-refractivity contribution in [2.24, 2.45) is 0 Å². The largest absolute Gasteiger partial charge is 0.349 e. The molecule has 0 spiro atoms. The van der Waals surface area contributed by atoms with Gasteiger partial charge in [-0.05, 0) is 64.2 Å². The highest BCUT2D eigenvalue weighted by molar-refractivity contribution is 6.09. The summed E-state index contributed by atoms with van der Waals surface area (Å²) in [5.41, 5.74) is 3.53. The smallest absolute Gasteiger partial charge is 0.287 e. The maximum atomic E-state index is 13.0. The zero-order valence-electron chi connectivity index (χ0n) is 17.3. The maximum Gasteiger partial charge on any atom is 0.287 e. The first-order chi connectivity index (χ1) is 13.9. The van der Waals surface area contributed by atoms with Gasteiger partial charge in [0, 0.05) is 18.4 Å². The van der Waals surface area contributed by atoms with E-state index in [1.165, 1.54) is 0 Å². The molecule has 0 saturated carbocycles. The van der Waals surface area contributed by atoms with Gasteiger partial charge in [0.15, 0.2) is 5.69 Å². The van der Waals surface area contributed by atoms with Gasteiger partial charge in [0.2, 0.25) is 5.82 Å². The molecule has 2 aromatic heterocycles. The number of para-hydroxylation sites is 1. The summed E-state index contributed by atoms with van der Waals surface area (Å²) in [5, 5.41) is 5.84. The number of carbonyl (C=O) groups is 2. The second-order valence-corrected chi connectivity index (χ2v) is 7.37. The minimum atomic E-state index is -0.335. The second kappa shape index (κ2) is 8.87. The van der Waals surface area contributed by atoms with Crippen LogP contribution in [0.5, 0.6) is 0 Å². The Morgan fingerprint density at radius 1 is 1.03 bits per heavy atom. The molecule has 2 heterocycles. The molecule has 7 nitrogen and oxygen atoms in total. The molecule has 3 rings (SSSR count). The Labute approximate surface area is 170 Å². The Hall–Kier alpha value is -3.19. The third-order valence-electron chi connectivity index (χ3n) is 4.75. The van der Waals surface area contributed by atoms with Gasteiger partial charge in [-0.2, -0.15) is 0 Å². The standard InChI is InChI=1S/C22H27N5O2/c1-15-9-7-10-16(2)18(15)25-21(28)19-17-11-5-6-14-27(17)20(24-19)22(29)23-12-8-13-26(3)4/h5-7,9-11,14H,8,12-13H2,1-4H3,(H,23,29)(H,25,28). The molecule has 2 N–H and O–H groups in total. The molecule has 0 unspecified atom stereocenters. The molecule has 0 atom stereocenters. The highest BCUT2D eigenvalue weighted by atomic mass is 16.2. The molecule has 29 heavy (non-hydrogen) atoms. The Morgan fingerprint density at radius 3 is 2.45 bits per heavy atom. The van der Waals surface area contributed by atoms with Crippen LogP contribution < -0.4 is 10.6 Å². The number of anilines is 1. The monoisotopic (exact) mass is 393 g/mol. The predicted octanol–water partition coefficient (Wildman–Crippen LogP) is 2.88. The van der Waals surface area contributed by atoms with Crippen molar-refractivity contribution in [1.29, 1.82) is 0 Å². The number of amides is 2. The van der Waals surface area contributed by atoms with Crippen molar-refractivity contribution in [2.45, 2.75) is 20.3 Å². The molecule has 152 valence electrons. The summed E-state index contributed by atoms with van der Waals surface area (Å²) >= 11 is 0. The van der Waals surface area contributed by atoms with Crippen molar-refractivity contribution in [3.05, 3.63) is 65.2 Å². The fourth-order valence-corrected chi connectivity index (χ4v) is 3.23. The van der Waals surface area contributed by atoms with Crippen molar-refractivity contribution < 1.29 is 9.59 Å². The molecular weight excluding hydrogens is 366 g/mol. The summed E-state index contributed by atoms with van der Waals surface area (Å²) in [6.45, 7) is 5.32. The number of fused-ring (bicyclic) bond motifs is 1. The van der Waals surface area contributed by atoms with Crippen molar-refractivity contribution in [2.75, 3.05) is 32.5 Å². The van der Waals surface area contributed by atoms with Gasteiger partial charge in [-0.25, -0.2) is 4.98 Å². The van der Waals surface area contributed by atoms with E-state index in [0.29, 0.717) is 12.1 Å². The van der Waals surface area contributed by atoms with Crippen LogP contribution in [0, 0.1) is 13.8 Å². The quantitative estimate of drug-likeness (QED) is 0.605. The lowest BCUT2D eigenvalue weighted by Crippen LogP contribution is -2.28. The SMILES string of the molecule is Cc1cccc(C)c1NC(=O)c1nc(C(=O)NCCCN(C)C)n2ccccc12. The number of aromatic nitrogens is 2. The zero-order chi connectivity index (χ0) is 21.0. The maximum absolute atomic E-state index is 13.0. The third-order valence-corrected chi connectivity index (χ3v) is 4.75. The van der Waals surface area contributed by atoms with Gasteiger partial charge in [0.1, 0.15) is 0 Å². The lowest BCUT2D eigenvalue weighted by Gasteiger charge is -2.10. The van der Waals surface area contributed by atoms with E-state index in [-0.39, 0.29) is 23.3 Å². The van der Waals surface area contributed by atoms with Gasteiger partial charge >= 0.3 is 0 Å². The van der Waals surface area contributed by atoms with E-state index in [1.807, 2.05) is 58.3 Å². The fraction of sp³-hybridized carbons (Fsp3) is 0.318. The molecule has 0 bridgehead atoms. The number of hydrogen-bond acceptors (Lipinski definition) is 4. The van der Waals surface area contributed by atoms with E-state index in [2.05, 4.69) is 20.5 Å². The second-order valence-electron chi connectivity index (χ2n) is 7.37. The Kier molecular flexibility index (Phi) is 6.29. The summed E-state index contributed by atoms with van der Waals surface area (Å²) in [6.07, 6.45) is 2.58. The normalized spacial score (nSPS) is 11.1. The highest BCUT2D eigenvalue weighted by Crippen LogP contribution is 2.21. The molecular formula is C22H27N5O2. The number of rotatable bonds is 7. The molecule has 0 radical (unpaired) electrons. The van der Waals surface area contributed by atoms with Crippen LogP contribution in [-0.4, -0.2) is 53.3 Å². The summed E-state index contributed by atoms with van der Waals surface area (Å²) in [7, 11) is 3.98. The van der Waals surface area contributed by atoms with Crippen LogP contribution in [0.15, 0.2) is 42.6 Å². The van der Waals surface area contributed by atoms with Crippen molar-refractivity contribution in [3.8, 4) is 0 Å². The van der Waals surface area contributed by atoms with E-state index in [1.54, 1.807) is 16.7 Å². The molecule has 0 fully saturated rings. The molecule has 2 amide bonds. The predicted molar refractivity (Wildman–Crippen MR) is 115 cm³/mol. The minimum Gasteiger partial charge on any atom is -0.349 e. The number of carbonyl (C=O) groups excluding carboxylic acids is 2. The van der Waals surface area contributed by atoms with Crippen LogP contribution in [0.25, 0.3) is 5.52 Å². The van der Waals surface area contributed by atoms with E-state index in [4.69, 9.17) is 0 Å². The van der Waals surface area contributed by atoms with Crippen LogP contribution >= 0.6 is 0 Å². The summed E-state index contributed by atoms with van der Waals surface area (Å²) < 4.78 is 1.65. The van der Waals surface area contributed by atoms with Crippen LogP contribution in [0.3, 0.4) is 0 Å². The van der Waals surface area contributed by atoms with Crippen LogP contribution in [0.4, 0.5) is 5.69 Å². The third kappa shape index (κ3) is 4.63. The van der Waals surface area contributed by atoms with E-state index < -0.39 is 0 Å². The molecule has 1 aromatic carbocycles. The number of aryl methyl sites for hydroxylation is 2. The van der Waals surface area contributed by atoms with E-state index in [9.17, 15) is 9.59 Å². The minimum absolute atomic E-state index is 0.206. The molecule has 3 aromatic rings. The van der Waals surface area contributed by atoms with E-state index >= 15 is 0 Å². The lowest BCUT2D eigenvalue weighted by molar-refractivity contribution is 0.0941. The van der Waals surface area contributed by atoms with Gasteiger partial charge in [-0.3, -0.25) is 14.0 Å². The number of nitrogens with zero attached hydrogens (tertiary/aromatic N) is 3. The van der Waals surface area contributed by atoms with Gasteiger partial charge < -0.3 is 15.5 Å². The first-order valence-corrected chi connectivity index (χ1v) is 9.66. The topological polar surface area (TPSA) is 78.7 Å². The number of nitrogens with one attached hydrogen (secondary N) is 2. The van der Waals surface area contributed by atoms with Gasteiger partial charge in [0.05, 0.1) is 5.52 Å². The zero-order valence-corrected chi connectivity index (χ0v) is 17.3. The fourth-order valence-electron chi connectivity index (χ4n) is 3.23. The molecule has 0 aliphatic carbocycles. The number of pyridine rings is 1. The van der Waals surface area contributed by atoms with Gasteiger partial charge in [-0.15, -0.1) is 0 Å². The van der Waals surface area contributed by atoms with Crippen LogP contribution in [0.2, 0.25) is 0 Å². The average Bonchev–Trinajstić information content (AvgIpc) is 3.08. The molecule has 0 aliphatic rings. The van der Waals surface area contributed by atoms with Crippen LogP contribution in [0.1, 0.15) is 38.7 Å². The number of benzene rings is 1. The lowest BCUT2D eigenvalue weighted by atomic mass is 10.1. The molecule has 0 saturated heterocycles. The molecule has 0 aliphatic heterocycles. The first kappa shape index (κ1) is 20.5. The van der Waals surface area contributed by atoms with Gasteiger partial charge in [0.25, 0.3) is 11.8 Å². The molecule has 7 heteroatoms. The Bertz CT molecular complexity index is 1020. The first-order valence-electron chi connectivity index (χ1n) is 9.66. The number of hydrogen-bond donors (Lipinski definition) is 2. The number of imidazole rings is 1. The van der Waals surface area contributed by atoms with Crippen molar-refractivity contribution in [3.63, 3.8) is 0 Å². The van der Waals surface area contributed by atoms with Crippen molar-refractivity contribution >= 4 is 23.0 Å². The summed E-state index contributed by atoms with van der Waals surface area (Å²) in [5.74, 6) is -0.425. The summed E-state index contributed by atoms with van der Waals surface area (Å²) in [6, 6.07) is 11.3. The van der Waals surface area contributed by atoms with Gasteiger partial charge in [-0.1, -0.05) is 24.3 Å². The summed E-state index contributed by atoms with van der Waals surface area (Å²) in [4.78, 5) is 32.1. The Morgan fingerprint density at radius 2 is 1.76 bits per heavy atom. The Balaban J connectivity index is 1.86. The average molecular weight is 393 g/mol. The van der Waals surface area contributed by atoms with E-state index in [0.717, 1.165) is 29.8 Å². The van der Waals surface area contributed by atoms with Crippen molar-refractivity contribution in [1.82, 2.24) is 19.6 Å². The highest BCUT2D eigenvalue weighted by Gasteiger charge is 2.22. The van der Waals surface area contributed by atoms with Crippen LogP contribution in [-0.2, 0) is 0 Å².